The predicted molar refractivity (Wildman–Crippen MR) is 111 cm³/mol. The minimum Gasteiger partial charge on any atom is -0.352 e. The molecule has 0 aromatic heterocycles. The molecule has 3 fully saturated rings. The van der Waals surface area contributed by atoms with Crippen LogP contribution in [-0.2, 0) is 9.59 Å². The first-order valence-corrected chi connectivity index (χ1v) is 10.8. The van der Waals surface area contributed by atoms with Crippen molar-refractivity contribution in [3.05, 3.63) is 71.3 Å². The van der Waals surface area contributed by atoms with Crippen molar-refractivity contribution in [1.82, 2.24) is 16.0 Å². The highest BCUT2D eigenvalue weighted by Gasteiger charge is 2.46. The molecule has 2 aliphatic carbocycles. The molecule has 7 heteroatoms. The minimum absolute atomic E-state index is 0.0357. The summed E-state index contributed by atoms with van der Waals surface area (Å²) in [4.78, 5) is 25.7. The molecule has 2 amide bonds. The first-order chi connectivity index (χ1) is 15.0. The van der Waals surface area contributed by atoms with E-state index in [0.29, 0.717) is 13.1 Å². The van der Waals surface area contributed by atoms with Gasteiger partial charge in [-0.1, -0.05) is 24.3 Å². The van der Waals surface area contributed by atoms with Crippen molar-refractivity contribution in [2.24, 2.45) is 11.8 Å². The zero-order valence-corrected chi connectivity index (χ0v) is 17.0. The SMILES string of the molecule is O=C(NC1CC1c1ccc(F)cc1)[C@@H]1CNC[C@H]1C(=O)NC1C[C@@H]1c1ccc(F)cc1. The Morgan fingerprint density at radius 1 is 0.710 bits per heavy atom. The maximum Gasteiger partial charge on any atom is 0.225 e. The maximum atomic E-state index is 13.1. The second-order valence-electron chi connectivity index (χ2n) is 8.89. The molecule has 1 heterocycles. The zero-order chi connectivity index (χ0) is 21.5. The summed E-state index contributed by atoms with van der Waals surface area (Å²) >= 11 is 0. The molecule has 5 nitrogen and oxygen atoms in total. The van der Waals surface area contributed by atoms with E-state index in [0.717, 1.165) is 24.0 Å². The number of carbonyl (C=O) groups excluding carboxylic acids is 2. The number of hydrogen-bond donors (Lipinski definition) is 3. The lowest BCUT2D eigenvalue weighted by Crippen LogP contribution is -2.43. The van der Waals surface area contributed by atoms with Gasteiger partial charge in [-0.05, 0) is 48.2 Å². The summed E-state index contributed by atoms with van der Waals surface area (Å²) in [6.45, 7) is 0.952. The number of nitrogens with one attached hydrogen (secondary N) is 3. The molecule has 0 bridgehead atoms. The fourth-order valence-corrected chi connectivity index (χ4v) is 4.68. The highest BCUT2D eigenvalue weighted by molar-refractivity contribution is 5.89. The molecule has 6 atom stereocenters. The van der Waals surface area contributed by atoms with Gasteiger partial charge in [-0.2, -0.15) is 0 Å². The third-order valence-corrected chi connectivity index (χ3v) is 6.72. The smallest absolute Gasteiger partial charge is 0.225 e. The standard InChI is InChI=1S/C24H25F2N3O2/c25-15-5-1-13(2-6-15)17-9-21(17)28-23(30)19-11-27-12-20(19)24(31)29-22-10-18(22)14-3-7-16(26)8-4-14/h1-8,17-22,27H,9-12H2,(H,28,30)(H,29,31)/t17-,18?,19-,20-,21?,22?/m1/s1. The number of rotatable bonds is 6. The summed E-state index contributed by atoms with van der Waals surface area (Å²) in [5, 5.41) is 9.29. The summed E-state index contributed by atoms with van der Waals surface area (Å²) < 4.78 is 26.2. The van der Waals surface area contributed by atoms with Gasteiger partial charge in [-0.3, -0.25) is 9.59 Å². The van der Waals surface area contributed by atoms with Crippen molar-refractivity contribution in [1.29, 1.82) is 0 Å². The van der Waals surface area contributed by atoms with E-state index in [-0.39, 0.29) is 47.4 Å². The van der Waals surface area contributed by atoms with Crippen LogP contribution in [0.25, 0.3) is 0 Å². The van der Waals surface area contributed by atoms with Crippen LogP contribution in [0.4, 0.5) is 8.78 Å². The Bertz CT molecular complexity index is 900. The van der Waals surface area contributed by atoms with Crippen LogP contribution in [-0.4, -0.2) is 37.0 Å². The fourth-order valence-electron chi connectivity index (χ4n) is 4.68. The van der Waals surface area contributed by atoms with Crippen LogP contribution in [0.3, 0.4) is 0 Å². The van der Waals surface area contributed by atoms with E-state index in [1.165, 1.54) is 24.3 Å². The highest BCUT2D eigenvalue weighted by Crippen LogP contribution is 2.42. The van der Waals surface area contributed by atoms with Gasteiger partial charge in [-0.15, -0.1) is 0 Å². The highest BCUT2D eigenvalue weighted by atomic mass is 19.1. The second-order valence-corrected chi connectivity index (χ2v) is 8.89. The molecule has 5 rings (SSSR count). The average Bonchev–Trinajstić information content (AvgIpc) is 3.64. The molecule has 0 spiro atoms. The van der Waals surface area contributed by atoms with Crippen LogP contribution in [0.15, 0.2) is 48.5 Å². The van der Waals surface area contributed by atoms with Crippen LogP contribution in [0.2, 0.25) is 0 Å². The van der Waals surface area contributed by atoms with Crippen LogP contribution in [0.5, 0.6) is 0 Å². The van der Waals surface area contributed by atoms with E-state index in [1.54, 1.807) is 24.3 Å². The molecule has 1 aliphatic heterocycles. The van der Waals surface area contributed by atoms with Crippen LogP contribution in [0.1, 0.15) is 35.8 Å². The summed E-state index contributed by atoms with van der Waals surface area (Å²) in [5.41, 5.74) is 2.04. The first kappa shape index (κ1) is 20.1. The van der Waals surface area contributed by atoms with Gasteiger partial charge >= 0.3 is 0 Å². The Balaban J connectivity index is 1.14. The van der Waals surface area contributed by atoms with Crippen LogP contribution >= 0.6 is 0 Å². The van der Waals surface area contributed by atoms with Gasteiger partial charge < -0.3 is 16.0 Å². The molecule has 2 aromatic carbocycles. The molecule has 1 saturated heterocycles. The Morgan fingerprint density at radius 3 is 1.48 bits per heavy atom. The topological polar surface area (TPSA) is 70.2 Å². The molecule has 2 saturated carbocycles. The summed E-state index contributed by atoms with van der Waals surface area (Å²) in [6, 6.07) is 12.8. The van der Waals surface area contributed by atoms with Crippen molar-refractivity contribution in [2.45, 2.75) is 36.8 Å². The molecule has 3 unspecified atom stereocenters. The van der Waals surface area contributed by atoms with Gasteiger partial charge in [0.05, 0.1) is 11.8 Å². The van der Waals surface area contributed by atoms with E-state index in [2.05, 4.69) is 16.0 Å². The monoisotopic (exact) mass is 425 g/mol. The van der Waals surface area contributed by atoms with Crippen molar-refractivity contribution < 1.29 is 18.4 Å². The van der Waals surface area contributed by atoms with E-state index < -0.39 is 11.8 Å². The molecular weight excluding hydrogens is 400 g/mol. The Morgan fingerprint density at radius 2 is 1.10 bits per heavy atom. The summed E-state index contributed by atoms with van der Waals surface area (Å²) in [7, 11) is 0. The van der Waals surface area contributed by atoms with Gasteiger partial charge in [0.25, 0.3) is 0 Å². The zero-order valence-electron chi connectivity index (χ0n) is 17.0. The third kappa shape index (κ3) is 4.32. The van der Waals surface area contributed by atoms with Gasteiger partial charge in [0.15, 0.2) is 0 Å². The normalized spacial score (nSPS) is 31.2. The van der Waals surface area contributed by atoms with Gasteiger partial charge in [-0.25, -0.2) is 8.78 Å². The summed E-state index contributed by atoms with van der Waals surface area (Å²) in [5.74, 6) is -1.16. The number of carbonyl (C=O) groups is 2. The lowest BCUT2D eigenvalue weighted by Gasteiger charge is -2.18. The molecule has 0 radical (unpaired) electrons. The van der Waals surface area contributed by atoms with E-state index >= 15 is 0 Å². The van der Waals surface area contributed by atoms with Gasteiger partial charge in [0, 0.05) is 37.0 Å². The molecule has 162 valence electrons. The average molecular weight is 425 g/mol. The second kappa shape index (κ2) is 8.04. The minimum atomic E-state index is -0.405. The molecule has 31 heavy (non-hydrogen) atoms. The fraction of sp³-hybridized carbons (Fsp3) is 0.417. The number of benzene rings is 2. The first-order valence-electron chi connectivity index (χ1n) is 10.8. The molecule has 3 N–H and O–H groups in total. The van der Waals surface area contributed by atoms with Gasteiger partial charge in [0.2, 0.25) is 11.8 Å². The number of amides is 2. The molecule has 2 aromatic rings. The summed E-state index contributed by atoms with van der Waals surface area (Å²) in [6.07, 6.45) is 1.66. The lowest BCUT2D eigenvalue weighted by molar-refractivity contribution is -0.133. The number of halogens is 2. The molecule has 3 aliphatic rings. The van der Waals surface area contributed by atoms with Gasteiger partial charge in [0.1, 0.15) is 11.6 Å². The third-order valence-electron chi connectivity index (χ3n) is 6.72. The van der Waals surface area contributed by atoms with E-state index in [1.807, 2.05) is 0 Å². The molecular formula is C24H25F2N3O2. The van der Waals surface area contributed by atoms with Crippen molar-refractivity contribution >= 4 is 11.8 Å². The van der Waals surface area contributed by atoms with E-state index in [4.69, 9.17) is 0 Å². The maximum absolute atomic E-state index is 13.1. The Hall–Kier alpha value is -2.80. The van der Waals surface area contributed by atoms with Crippen molar-refractivity contribution in [3.63, 3.8) is 0 Å². The van der Waals surface area contributed by atoms with Crippen LogP contribution in [0, 0.1) is 23.5 Å². The van der Waals surface area contributed by atoms with E-state index in [9.17, 15) is 18.4 Å². The largest absolute Gasteiger partial charge is 0.352 e. The number of hydrogen-bond acceptors (Lipinski definition) is 3. The lowest BCUT2D eigenvalue weighted by atomic mass is 9.94. The predicted octanol–water partition coefficient (Wildman–Crippen LogP) is 2.44. The van der Waals surface area contributed by atoms with Crippen molar-refractivity contribution in [2.75, 3.05) is 13.1 Å². The Labute approximate surface area is 179 Å². The quantitative estimate of drug-likeness (QED) is 0.666. The van der Waals surface area contributed by atoms with Crippen LogP contribution < -0.4 is 16.0 Å². The Kier molecular flexibility index (Phi) is 5.22. The van der Waals surface area contributed by atoms with Crippen molar-refractivity contribution in [3.8, 4) is 0 Å².